The molecule has 1 saturated heterocycles. The van der Waals surface area contributed by atoms with Gasteiger partial charge in [0, 0.05) is 37.4 Å². The van der Waals surface area contributed by atoms with E-state index in [1.165, 1.54) is 0 Å². The molecule has 0 atom stereocenters. The second-order valence-corrected chi connectivity index (χ2v) is 6.30. The number of methoxy groups -OCH3 is 1. The molecule has 0 spiro atoms. The quantitative estimate of drug-likeness (QED) is 0.835. The number of nitrogens with two attached hydrogens (primary N) is 1. The predicted molar refractivity (Wildman–Crippen MR) is 93.1 cm³/mol. The number of carbonyl (C=O) groups excluding carboxylic acids is 2. The summed E-state index contributed by atoms with van der Waals surface area (Å²) in [6.07, 6.45) is 1.94. The van der Waals surface area contributed by atoms with Gasteiger partial charge in [-0.15, -0.1) is 0 Å². The van der Waals surface area contributed by atoms with E-state index in [-0.39, 0.29) is 17.7 Å². The number of aromatic nitrogens is 2. The number of hydrogen-bond acceptors (Lipinski definition) is 6. The van der Waals surface area contributed by atoms with Crippen LogP contribution in [0, 0.1) is 5.92 Å². The van der Waals surface area contributed by atoms with E-state index in [9.17, 15) is 9.59 Å². The van der Waals surface area contributed by atoms with E-state index in [0.29, 0.717) is 50.5 Å². The Labute approximate surface area is 151 Å². The van der Waals surface area contributed by atoms with Crippen molar-refractivity contribution in [2.24, 2.45) is 11.7 Å². The molecule has 26 heavy (non-hydrogen) atoms. The van der Waals surface area contributed by atoms with E-state index in [1.54, 1.807) is 12.0 Å². The molecule has 0 bridgehead atoms. The Bertz CT molecular complexity index is 764. The van der Waals surface area contributed by atoms with Crippen LogP contribution in [0.15, 0.2) is 28.8 Å². The van der Waals surface area contributed by atoms with Gasteiger partial charge >= 0.3 is 0 Å². The van der Waals surface area contributed by atoms with Gasteiger partial charge in [-0.1, -0.05) is 5.16 Å². The third-order valence-electron chi connectivity index (χ3n) is 4.62. The minimum atomic E-state index is -0.283. The average molecular weight is 358 g/mol. The molecule has 8 heteroatoms. The average Bonchev–Trinajstić information content (AvgIpc) is 3.15. The van der Waals surface area contributed by atoms with Crippen LogP contribution in [0.4, 0.5) is 0 Å². The number of nitrogens with zero attached hydrogens (tertiary/aromatic N) is 3. The maximum Gasteiger partial charge on any atom is 0.227 e. The number of ether oxygens (including phenoxy) is 1. The summed E-state index contributed by atoms with van der Waals surface area (Å²) < 4.78 is 10.4. The summed E-state index contributed by atoms with van der Waals surface area (Å²) in [5.74, 6) is 1.28. The highest BCUT2D eigenvalue weighted by Gasteiger charge is 2.25. The van der Waals surface area contributed by atoms with Crippen molar-refractivity contribution in [2.75, 3.05) is 20.2 Å². The van der Waals surface area contributed by atoms with Gasteiger partial charge in [-0.2, -0.15) is 4.98 Å². The molecule has 1 aliphatic rings. The van der Waals surface area contributed by atoms with Crippen molar-refractivity contribution in [3.8, 4) is 17.1 Å². The zero-order chi connectivity index (χ0) is 18.5. The lowest BCUT2D eigenvalue weighted by Gasteiger charge is -2.30. The topological polar surface area (TPSA) is 112 Å². The van der Waals surface area contributed by atoms with Gasteiger partial charge in [0.25, 0.3) is 0 Å². The van der Waals surface area contributed by atoms with Gasteiger partial charge in [-0.3, -0.25) is 9.59 Å². The normalized spacial score (nSPS) is 15.0. The molecule has 2 heterocycles. The summed E-state index contributed by atoms with van der Waals surface area (Å²) in [7, 11) is 1.61. The highest BCUT2D eigenvalue weighted by atomic mass is 16.5. The van der Waals surface area contributed by atoms with Crippen molar-refractivity contribution in [3.05, 3.63) is 30.2 Å². The summed E-state index contributed by atoms with van der Waals surface area (Å²) in [6.45, 7) is 1.13. The van der Waals surface area contributed by atoms with E-state index >= 15 is 0 Å². The van der Waals surface area contributed by atoms with Crippen LogP contribution in [0.3, 0.4) is 0 Å². The molecular formula is C18H22N4O4. The Morgan fingerprint density at radius 3 is 2.58 bits per heavy atom. The molecule has 2 aromatic rings. The molecule has 1 aliphatic heterocycles. The lowest BCUT2D eigenvalue weighted by molar-refractivity contribution is -0.134. The maximum atomic E-state index is 12.3. The molecule has 1 aromatic heterocycles. The Kier molecular flexibility index (Phi) is 5.50. The molecule has 1 aromatic carbocycles. The summed E-state index contributed by atoms with van der Waals surface area (Å²) in [5.41, 5.74) is 6.13. The van der Waals surface area contributed by atoms with Gasteiger partial charge < -0.3 is 19.9 Å². The fraction of sp³-hybridized carbons (Fsp3) is 0.444. The van der Waals surface area contributed by atoms with Crippen LogP contribution in [0.5, 0.6) is 5.75 Å². The van der Waals surface area contributed by atoms with Crippen molar-refractivity contribution in [2.45, 2.75) is 25.7 Å². The zero-order valence-electron chi connectivity index (χ0n) is 14.7. The third kappa shape index (κ3) is 4.19. The van der Waals surface area contributed by atoms with Crippen molar-refractivity contribution >= 4 is 11.8 Å². The standard InChI is InChI=1S/C18H22N4O4/c1-25-14-4-2-13(3-5-14)18-20-15(26-21-18)6-7-16(23)22-10-8-12(9-11-22)17(19)24/h2-5,12H,6-11H2,1H3,(H2,19,24). The monoisotopic (exact) mass is 358 g/mol. The highest BCUT2D eigenvalue weighted by Crippen LogP contribution is 2.21. The first-order valence-corrected chi connectivity index (χ1v) is 8.61. The lowest BCUT2D eigenvalue weighted by Crippen LogP contribution is -2.41. The summed E-state index contributed by atoms with van der Waals surface area (Å²) in [6, 6.07) is 7.35. The van der Waals surface area contributed by atoms with Gasteiger partial charge in [0.05, 0.1) is 7.11 Å². The number of benzene rings is 1. The molecular weight excluding hydrogens is 336 g/mol. The minimum Gasteiger partial charge on any atom is -0.497 e. The smallest absolute Gasteiger partial charge is 0.227 e. The second-order valence-electron chi connectivity index (χ2n) is 6.30. The summed E-state index contributed by atoms with van der Waals surface area (Å²) >= 11 is 0. The highest BCUT2D eigenvalue weighted by molar-refractivity contribution is 5.79. The molecule has 8 nitrogen and oxygen atoms in total. The first-order chi connectivity index (χ1) is 12.6. The maximum absolute atomic E-state index is 12.3. The van der Waals surface area contributed by atoms with Crippen LogP contribution < -0.4 is 10.5 Å². The molecule has 1 fully saturated rings. The SMILES string of the molecule is COc1ccc(-c2noc(CCC(=O)N3CCC(C(N)=O)CC3)n2)cc1. The predicted octanol–water partition coefficient (Wildman–Crippen LogP) is 1.40. The lowest BCUT2D eigenvalue weighted by atomic mass is 9.96. The van der Waals surface area contributed by atoms with Gasteiger partial charge in [0.15, 0.2) is 0 Å². The largest absolute Gasteiger partial charge is 0.497 e. The fourth-order valence-electron chi connectivity index (χ4n) is 3.00. The number of hydrogen-bond donors (Lipinski definition) is 1. The van der Waals surface area contributed by atoms with Crippen LogP contribution in [0.25, 0.3) is 11.4 Å². The molecule has 0 aliphatic carbocycles. The van der Waals surface area contributed by atoms with Crippen molar-refractivity contribution in [1.29, 1.82) is 0 Å². The summed E-state index contributed by atoms with van der Waals surface area (Å²) in [4.78, 5) is 29.6. The van der Waals surface area contributed by atoms with E-state index in [4.69, 9.17) is 15.0 Å². The molecule has 3 rings (SSSR count). The molecule has 0 saturated carbocycles. The molecule has 2 N–H and O–H groups in total. The number of likely N-dealkylation sites (tertiary alicyclic amines) is 1. The number of carbonyl (C=O) groups is 2. The van der Waals surface area contributed by atoms with Crippen LogP contribution in [-0.4, -0.2) is 47.1 Å². The van der Waals surface area contributed by atoms with Crippen LogP contribution >= 0.6 is 0 Å². The number of amides is 2. The van der Waals surface area contributed by atoms with Gasteiger partial charge in [0.1, 0.15) is 5.75 Å². The second kappa shape index (κ2) is 7.99. The van der Waals surface area contributed by atoms with Gasteiger partial charge in [-0.25, -0.2) is 0 Å². The van der Waals surface area contributed by atoms with E-state index in [0.717, 1.165) is 11.3 Å². The van der Waals surface area contributed by atoms with Crippen molar-refractivity contribution in [3.63, 3.8) is 0 Å². The number of rotatable bonds is 6. The third-order valence-corrected chi connectivity index (χ3v) is 4.62. The Balaban J connectivity index is 1.51. The van der Waals surface area contributed by atoms with Crippen LogP contribution in [0.1, 0.15) is 25.2 Å². The molecule has 2 amide bonds. The van der Waals surface area contributed by atoms with Crippen molar-refractivity contribution in [1.82, 2.24) is 15.0 Å². The number of piperidine rings is 1. The minimum absolute atomic E-state index is 0.0251. The van der Waals surface area contributed by atoms with E-state index < -0.39 is 0 Å². The Morgan fingerprint density at radius 1 is 1.27 bits per heavy atom. The van der Waals surface area contributed by atoms with Gasteiger partial charge in [0.2, 0.25) is 23.5 Å². The Morgan fingerprint density at radius 2 is 1.96 bits per heavy atom. The molecule has 0 radical (unpaired) electrons. The van der Waals surface area contributed by atoms with E-state index in [2.05, 4.69) is 10.1 Å². The first-order valence-electron chi connectivity index (χ1n) is 8.61. The molecule has 0 unspecified atom stereocenters. The number of aryl methyl sites for hydroxylation is 1. The number of primary amides is 1. The Hall–Kier alpha value is -2.90. The first kappa shape index (κ1) is 17.9. The van der Waals surface area contributed by atoms with Crippen LogP contribution in [0.2, 0.25) is 0 Å². The van der Waals surface area contributed by atoms with Gasteiger partial charge in [-0.05, 0) is 37.1 Å². The van der Waals surface area contributed by atoms with E-state index in [1.807, 2.05) is 24.3 Å². The van der Waals surface area contributed by atoms with Crippen LogP contribution in [-0.2, 0) is 16.0 Å². The van der Waals surface area contributed by atoms with Crippen molar-refractivity contribution < 1.29 is 18.8 Å². The molecule has 138 valence electrons. The zero-order valence-corrected chi connectivity index (χ0v) is 14.7. The fourth-order valence-corrected chi connectivity index (χ4v) is 3.00. The summed E-state index contributed by atoms with van der Waals surface area (Å²) in [5, 5.41) is 3.96.